The zero-order chi connectivity index (χ0) is 13.8. The molecule has 0 radical (unpaired) electrons. The van der Waals surface area contributed by atoms with Crippen molar-refractivity contribution < 1.29 is 9.84 Å². The van der Waals surface area contributed by atoms with Crippen molar-refractivity contribution in [2.75, 3.05) is 5.73 Å². The molecule has 3 nitrogen and oxygen atoms in total. The van der Waals surface area contributed by atoms with Crippen molar-refractivity contribution in [1.29, 1.82) is 0 Å². The first-order valence-corrected chi connectivity index (χ1v) is 6.28. The number of ether oxygens (including phenoxy) is 1. The Bertz CT molecular complexity index is 538. The van der Waals surface area contributed by atoms with Crippen LogP contribution in [0.25, 0.3) is 0 Å². The van der Waals surface area contributed by atoms with Crippen molar-refractivity contribution >= 4 is 5.69 Å². The highest BCUT2D eigenvalue weighted by molar-refractivity contribution is 5.58. The van der Waals surface area contributed by atoms with Crippen LogP contribution in [0.15, 0.2) is 36.4 Å². The molecular formula is C16H19NO2. The van der Waals surface area contributed by atoms with Crippen molar-refractivity contribution in [3.8, 4) is 5.75 Å². The fourth-order valence-electron chi connectivity index (χ4n) is 2.08. The maximum atomic E-state index is 8.99. The van der Waals surface area contributed by atoms with Gasteiger partial charge in [-0.25, -0.2) is 0 Å². The molecule has 2 aromatic carbocycles. The smallest absolute Gasteiger partial charge is 0.145 e. The van der Waals surface area contributed by atoms with Crippen LogP contribution in [0.5, 0.6) is 5.75 Å². The quantitative estimate of drug-likeness (QED) is 0.828. The second kappa shape index (κ2) is 5.76. The van der Waals surface area contributed by atoms with Crippen LogP contribution in [0.2, 0.25) is 0 Å². The first-order chi connectivity index (χ1) is 9.10. The highest BCUT2D eigenvalue weighted by atomic mass is 16.5. The first-order valence-electron chi connectivity index (χ1n) is 6.28. The van der Waals surface area contributed by atoms with Gasteiger partial charge in [-0.05, 0) is 42.2 Å². The first kappa shape index (κ1) is 13.4. The van der Waals surface area contributed by atoms with Crippen LogP contribution in [0, 0.1) is 13.8 Å². The van der Waals surface area contributed by atoms with Crippen LogP contribution in [-0.2, 0) is 13.2 Å². The zero-order valence-electron chi connectivity index (χ0n) is 11.3. The van der Waals surface area contributed by atoms with Crippen molar-refractivity contribution in [2.45, 2.75) is 27.1 Å². The van der Waals surface area contributed by atoms with Crippen molar-refractivity contribution in [3.05, 3.63) is 58.7 Å². The molecule has 2 aromatic rings. The van der Waals surface area contributed by atoms with E-state index in [1.807, 2.05) is 44.2 Å². The number of nitrogens with two attached hydrogens (primary N) is 1. The average Bonchev–Trinajstić information content (AvgIpc) is 2.38. The largest absolute Gasteiger partial charge is 0.486 e. The molecule has 0 spiro atoms. The van der Waals surface area contributed by atoms with E-state index in [9.17, 15) is 0 Å². The standard InChI is InChI=1S/C16H19NO2/c1-11-7-12(2)16(15(17)8-11)19-10-14-5-3-13(9-18)4-6-14/h3-8,18H,9-10,17H2,1-2H3. The van der Waals surface area contributed by atoms with Gasteiger partial charge < -0.3 is 15.6 Å². The summed E-state index contributed by atoms with van der Waals surface area (Å²) in [6, 6.07) is 11.7. The SMILES string of the molecule is Cc1cc(C)c(OCc2ccc(CO)cc2)c(N)c1. The summed E-state index contributed by atoms with van der Waals surface area (Å²) in [5.74, 6) is 0.747. The molecule has 3 heteroatoms. The lowest BCUT2D eigenvalue weighted by Gasteiger charge is -2.13. The monoisotopic (exact) mass is 257 g/mol. The molecule has 2 rings (SSSR count). The Labute approximate surface area is 113 Å². The summed E-state index contributed by atoms with van der Waals surface area (Å²) in [7, 11) is 0. The molecule has 0 atom stereocenters. The average molecular weight is 257 g/mol. The second-order valence-corrected chi connectivity index (χ2v) is 4.76. The van der Waals surface area contributed by atoms with E-state index in [0.717, 1.165) is 28.0 Å². The van der Waals surface area contributed by atoms with Crippen LogP contribution in [0.4, 0.5) is 5.69 Å². The molecule has 3 N–H and O–H groups in total. The Kier molecular flexibility index (Phi) is 4.07. The lowest BCUT2D eigenvalue weighted by molar-refractivity contribution is 0.281. The summed E-state index contributed by atoms with van der Waals surface area (Å²) >= 11 is 0. The molecule has 0 bridgehead atoms. The molecule has 0 saturated carbocycles. The molecule has 19 heavy (non-hydrogen) atoms. The number of nitrogen functional groups attached to an aromatic ring is 1. The number of aliphatic hydroxyl groups is 1. The molecule has 0 aromatic heterocycles. The molecular weight excluding hydrogens is 238 g/mol. The van der Waals surface area contributed by atoms with Gasteiger partial charge in [-0.3, -0.25) is 0 Å². The Hall–Kier alpha value is -2.00. The van der Waals surface area contributed by atoms with Crippen LogP contribution >= 0.6 is 0 Å². The van der Waals surface area contributed by atoms with Crippen molar-refractivity contribution in [1.82, 2.24) is 0 Å². The van der Waals surface area contributed by atoms with Gasteiger partial charge in [-0.15, -0.1) is 0 Å². The van der Waals surface area contributed by atoms with Gasteiger partial charge in [0.05, 0.1) is 12.3 Å². The third-order valence-electron chi connectivity index (χ3n) is 3.04. The van der Waals surface area contributed by atoms with Gasteiger partial charge in [-0.2, -0.15) is 0 Å². The molecule has 0 heterocycles. The summed E-state index contributed by atoms with van der Waals surface area (Å²) in [6.07, 6.45) is 0. The minimum absolute atomic E-state index is 0.0607. The minimum atomic E-state index is 0.0607. The highest BCUT2D eigenvalue weighted by Crippen LogP contribution is 2.28. The van der Waals surface area contributed by atoms with Gasteiger partial charge >= 0.3 is 0 Å². The van der Waals surface area contributed by atoms with Gasteiger partial charge in [0.2, 0.25) is 0 Å². The predicted octanol–water partition coefficient (Wildman–Crippen LogP) is 2.96. The molecule has 0 aliphatic carbocycles. The Morgan fingerprint density at radius 1 is 1.05 bits per heavy atom. The van der Waals surface area contributed by atoms with Crippen LogP contribution in [-0.4, -0.2) is 5.11 Å². The zero-order valence-corrected chi connectivity index (χ0v) is 11.3. The number of hydrogen-bond donors (Lipinski definition) is 2. The third-order valence-corrected chi connectivity index (χ3v) is 3.04. The van der Waals surface area contributed by atoms with Crippen molar-refractivity contribution in [2.24, 2.45) is 0 Å². The van der Waals surface area contributed by atoms with E-state index < -0.39 is 0 Å². The number of hydrogen-bond acceptors (Lipinski definition) is 3. The van der Waals surface area contributed by atoms with E-state index in [0.29, 0.717) is 12.3 Å². The fraction of sp³-hybridized carbons (Fsp3) is 0.250. The number of anilines is 1. The molecule has 0 unspecified atom stereocenters. The number of aliphatic hydroxyl groups excluding tert-OH is 1. The van der Waals surface area contributed by atoms with E-state index in [1.54, 1.807) is 0 Å². The Morgan fingerprint density at radius 3 is 2.26 bits per heavy atom. The van der Waals surface area contributed by atoms with E-state index in [1.165, 1.54) is 0 Å². The maximum absolute atomic E-state index is 8.99. The summed E-state index contributed by atoms with van der Waals surface area (Å²) in [5.41, 5.74) is 10.8. The number of benzene rings is 2. The fourth-order valence-corrected chi connectivity index (χ4v) is 2.08. The van der Waals surface area contributed by atoms with Gasteiger partial charge in [0, 0.05) is 0 Å². The lowest BCUT2D eigenvalue weighted by atomic mass is 10.1. The predicted molar refractivity (Wildman–Crippen MR) is 77.0 cm³/mol. The van der Waals surface area contributed by atoms with E-state index in [2.05, 4.69) is 6.07 Å². The maximum Gasteiger partial charge on any atom is 0.145 e. The Balaban J connectivity index is 2.10. The molecule has 100 valence electrons. The van der Waals surface area contributed by atoms with Gasteiger partial charge in [0.15, 0.2) is 0 Å². The summed E-state index contributed by atoms with van der Waals surface area (Å²) in [6.45, 7) is 4.54. The summed E-state index contributed by atoms with van der Waals surface area (Å²) in [5, 5.41) is 8.99. The van der Waals surface area contributed by atoms with Gasteiger partial charge in [-0.1, -0.05) is 30.3 Å². The molecule has 0 aliphatic heterocycles. The molecule has 0 amide bonds. The minimum Gasteiger partial charge on any atom is -0.486 e. The Morgan fingerprint density at radius 2 is 1.68 bits per heavy atom. The molecule has 0 saturated heterocycles. The van der Waals surface area contributed by atoms with Crippen LogP contribution in [0.3, 0.4) is 0 Å². The summed E-state index contributed by atoms with van der Waals surface area (Å²) in [4.78, 5) is 0. The lowest BCUT2D eigenvalue weighted by Crippen LogP contribution is -2.01. The third kappa shape index (κ3) is 3.26. The van der Waals surface area contributed by atoms with Crippen molar-refractivity contribution in [3.63, 3.8) is 0 Å². The van der Waals surface area contributed by atoms with Gasteiger partial charge in [0.1, 0.15) is 12.4 Å². The van der Waals surface area contributed by atoms with E-state index in [4.69, 9.17) is 15.6 Å². The van der Waals surface area contributed by atoms with Crippen LogP contribution < -0.4 is 10.5 Å². The second-order valence-electron chi connectivity index (χ2n) is 4.76. The molecule has 0 aliphatic rings. The van der Waals surface area contributed by atoms with E-state index >= 15 is 0 Å². The number of rotatable bonds is 4. The topological polar surface area (TPSA) is 55.5 Å². The summed E-state index contributed by atoms with van der Waals surface area (Å²) < 4.78 is 5.79. The molecule has 0 fully saturated rings. The van der Waals surface area contributed by atoms with Gasteiger partial charge in [0.25, 0.3) is 0 Å². The highest BCUT2D eigenvalue weighted by Gasteiger charge is 2.06. The van der Waals surface area contributed by atoms with E-state index in [-0.39, 0.29) is 6.61 Å². The van der Waals surface area contributed by atoms with Crippen LogP contribution in [0.1, 0.15) is 22.3 Å². The normalized spacial score (nSPS) is 10.5. The number of aryl methyl sites for hydroxylation is 2.